The highest BCUT2D eigenvalue weighted by Gasteiger charge is 2.28. The normalized spacial score (nSPS) is 24.4. The fourth-order valence-corrected chi connectivity index (χ4v) is 3.50. The van der Waals surface area contributed by atoms with Crippen molar-refractivity contribution in [2.24, 2.45) is 10.9 Å². The smallest absolute Gasteiger partial charge is 0.309 e. The molecule has 2 fully saturated rings. The molecule has 2 aliphatic heterocycles. The van der Waals surface area contributed by atoms with Crippen molar-refractivity contribution >= 4 is 11.9 Å². The van der Waals surface area contributed by atoms with Crippen molar-refractivity contribution in [3.63, 3.8) is 0 Å². The van der Waals surface area contributed by atoms with Crippen molar-refractivity contribution in [2.45, 2.75) is 32.7 Å². The lowest BCUT2D eigenvalue weighted by Crippen LogP contribution is -2.52. The number of likely N-dealkylation sites (N-methyl/N-ethyl adjacent to an activating group) is 2. The number of aliphatic imine (C=N–C) groups is 1. The lowest BCUT2D eigenvalue weighted by atomic mass is 9.97. The van der Waals surface area contributed by atoms with Crippen LogP contribution in [0, 0.1) is 5.92 Å². The number of likely N-dealkylation sites (tertiary alicyclic amines) is 1. The van der Waals surface area contributed by atoms with E-state index in [9.17, 15) is 4.79 Å². The third-order valence-electron chi connectivity index (χ3n) is 5.18. The minimum atomic E-state index is -0.0454. The van der Waals surface area contributed by atoms with Gasteiger partial charge in [-0.2, -0.15) is 0 Å². The summed E-state index contributed by atoms with van der Waals surface area (Å²) < 4.78 is 5.16. The van der Waals surface area contributed by atoms with E-state index < -0.39 is 0 Å². The van der Waals surface area contributed by atoms with E-state index >= 15 is 0 Å². The van der Waals surface area contributed by atoms with Crippen LogP contribution in [-0.4, -0.2) is 99.2 Å². The topological polar surface area (TPSA) is 60.4 Å². The van der Waals surface area contributed by atoms with Crippen LogP contribution in [0.2, 0.25) is 0 Å². The average molecular weight is 354 g/mol. The molecule has 25 heavy (non-hydrogen) atoms. The summed E-state index contributed by atoms with van der Waals surface area (Å²) in [5.41, 5.74) is 0. The molecule has 0 aromatic carbocycles. The van der Waals surface area contributed by atoms with E-state index in [1.165, 1.54) is 0 Å². The summed E-state index contributed by atoms with van der Waals surface area (Å²) in [5.74, 6) is 0.972. The SMILES string of the molecule is CCNC(=NCC1CN(C)CCN1C)N1CCC(C(=O)OCC)CC1. The van der Waals surface area contributed by atoms with Crippen LogP contribution >= 0.6 is 0 Å². The molecule has 2 aliphatic rings. The molecule has 0 aromatic rings. The maximum atomic E-state index is 11.9. The van der Waals surface area contributed by atoms with Gasteiger partial charge in [-0.15, -0.1) is 0 Å². The van der Waals surface area contributed by atoms with Gasteiger partial charge in [0.15, 0.2) is 5.96 Å². The quantitative estimate of drug-likeness (QED) is 0.441. The van der Waals surface area contributed by atoms with Crippen molar-refractivity contribution in [1.82, 2.24) is 20.0 Å². The highest BCUT2D eigenvalue weighted by molar-refractivity contribution is 5.80. The molecule has 0 spiro atoms. The van der Waals surface area contributed by atoms with Gasteiger partial charge in [0, 0.05) is 45.3 Å². The van der Waals surface area contributed by atoms with Crippen LogP contribution in [0.4, 0.5) is 0 Å². The Hall–Kier alpha value is -1.34. The summed E-state index contributed by atoms with van der Waals surface area (Å²) in [7, 11) is 4.36. The molecule has 0 saturated carbocycles. The average Bonchev–Trinajstić information content (AvgIpc) is 2.61. The van der Waals surface area contributed by atoms with Gasteiger partial charge in [-0.25, -0.2) is 0 Å². The molecule has 2 rings (SSSR count). The van der Waals surface area contributed by atoms with Crippen molar-refractivity contribution in [1.29, 1.82) is 0 Å². The number of piperazine rings is 1. The van der Waals surface area contributed by atoms with Crippen LogP contribution < -0.4 is 5.32 Å². The molecule has 1 unspecified atom stereocenters. The zero-order valence-electron chi connectivity index (χ0n) is 16.3. The van der Waals surface area contributed by atoms with Gasteiger partial charge >= 0.3 is 5.97 Å². The zero-order valence-corrected chi connectivity index (χ0v) is 16.3. The van der Waals surface area contributed by atoms with Crippen LogP contribution in [0.1, 0.15) is 26.7 Å². The Balaban J connectivity index is 1.90. The maximum absolute atomic E-state index is 11.9. The molecule has 2 saturated heterocycles. The first-order chi connectivity index (χ1) is 12.0. The van der Waals surface area contributed by atoms with E-state index in [2.05, 4.69) is 41.0 Å². The standard InChI is InChI=1S/C18H35N5O2/c1-5-19-18(20-13-16-14-21(3)11-12-22(16)4)23-9-7-15(8-10-23)17(24)25-6-2/h15-16H,5-14H2,1-4H3,(H,19,20). The molecule has 0 aliphatic carbocycles. The van der Waals surface area contributed by atoms with Gasteiger partial charge in [0.1, 0.15) is 0 Å². The van der Waals surface area contributed by atoms with E-state index in [4.69, 9.17) is 9.73 Å². The number of nitrogens with zero attached hydrogens (tertiary/aromatic N) is 4. The number of guanidine groups is 1. The van der Waals surface area contributed by atoms with Gasteiger partial charge in [0.05, 0.1) is 19.1 Å². The predicted octanol–water partition coefficient (Wildman–Crippen LogP) is 0.473. The first-order valence-electron chi connectivity index (χ1n) is 9.63. The summed E-state index contributed by atoms with van der Waals surface area (Å²) in [4.78, 5) is 23.9. The number of nitrogens with one attached hydrogen (secondary N) is 1. The summed E-state index contributed by atoms with van der Waals surface area (Å²) in [6.45, 7) is 11.1. The number of carbonyl (C=O) groups is 1. The monoisotopic (exact) mass is 353 g/mol. The first-order valence-corrected chi connectivity index (χ1v) is 9.63. The molecule has 0 aromatic heterocycles. The number of hydrogen-bond donors (Lipinski definition) is 1. The largest absolute Gasteiger partial charge is 0.466 e. The minimum absolute atomic E-state index is 0.0391. The molecule has 0 amide bonds. The van der Waals surface area contributed by atoms with Crippen molar-refractivity contribution < 1.29 is 9.53 Å². The molecule has 144 valence electrons. The van der Waals surface area contributed by atoms with Crippen LogP contribution in [0.25, 0.3) is 0 Å². The first kappa shape index (κ1) is 20.0. The Bertz CT molecular complexity index is 449. The highest BCUT2D eigenvalue weighted by Crippen LogP contribution is 2.19. The summed E-state index contributed by atoms with van der Waals surface area (Å²) >= 11 is 0. The number of hydrogen-bond acceptors (Lipinski definition) is 5. The third kappa shape index (κ3) is 5.85. The second-order valence-electron chi connectivity index (χ2n) is 7.10. The predicted molar refractivity (Wildman–Crippen MR) is 101 cm³/mol. The van der Waals surface area contributed by atoms with Crippen LogP contribution in [-0.2, 0) is 9.53 Å². The number of piperidine rings is 1. The van der Waals surface area contributed by atoms with Crippen molar-refractivity contribution in [3.8, 4) is 0 Å². The van der Waals surface area contributed by atoms with Crippen LogP contribution in [0.15, 0.2) is 4.99 Å². The Morgan fingerprint density at radius 1 is 1.16 bits per heavy atom. The summed E-state index contributed by atoms with van der Waals surface area (Å²) in [6, 6.07) is 0.462. The lowest BCUT2D eigenvalue weighted by molar-refractivity contribution is -0.149. The van der Waals surface area contributed by atoms with Crippen molar-refractivity contribution in [2.75, 3.05) is 66.5 Å². The molecule has 1 N–H and O–H groups in total. The lowest BCUT2D eigenvalue weighted by Gasteiger charge is -2.37. The Kier molecular flexibility index (Phi) is 7.96. The molecule has 7 heteroatoms. The van der Waals surface area contributed by atoms with E-state index in [0.29, 0.717) is 12.6 Å². The van der Waals surface area contributed by atoms with Gasteiger partial charge in [0.2, 0.25) is 0 Å². The number of rotatable bonds is 5. The fourth-order valence-electron chi connectivity index (χ4n) is 3.50. The van der Waals surface area contributed by atoms with Gasteiger partial charge in [-0.1, -0.05) is 0 Å². The Labute approximate surface area is 152 Å². The highest BCUT2D eigenvalue weighted by atomic mass is 16.5. The molecule has 1 atom stereocenters. The van der Waals surface area contributed by atoms with E-state index in [1.54, 1.807) is 0 Å². The number of esters is 1. The fraction of sp³-hybridized carbons (Fsp3) is 0.889. The summed E-state index contributed by atoms with van der Waals surface area (Å²) in [6.07, 6.45) is 1.69. The van der Waals surface area contributed by atoms with Gasteiger partial charge in [-0.05, 0) is 40.8 Å². The number of ether oxygens (including phenoxy) is 1. The van der Waals surface area contributed by atoms with Gasteiger partial charge in [-0.3, -0.25) is 14.7 Å². The van der Waals surface area contributed by atoms with E-state index in [0.717, 1.165) is 64.6 Å². The molecule has 0 bridgehead atoms. The molecule has 7 nitrogen and oxygen atoms in total. The minimum Gasteiger partial charge on any atom is -0.466 e. The zero-order chi connectivity index (χ0) is 18.2. The molecule has 0 radical (unpaired) electrons. The molecular formula is C18H35N5O2. The maximum Gasteiger partial charge on any atom is 0.309 e. The summed E-state index contributed by atoms with van der Waals surface area (Å²) in [5, 5.41) is 3.41. The van der Waals surface area contributed by atoms with E-state index in [1.807, 2.05) is 6.92 Å². The second-order valence-corrected chi connectivity index (χ2v) is 7.10. The van der Waals surface area contributed by atoms with Crippen molar-refractivity contribution in [3.05, 3.63) is 0 Å². The Morgan fingerprint density at radius 2 is 1.88 bits per heavy atom. The number of carbonyl (C=O) groups excluding carboxylic acids is 1. The Morgan fingerprint density at radius 3 is 2.52 bits per heavy atom. The third-order valence-corrected chi connectivity index (χ3v) is 5.18. The van der Waals surface area contributed by atoms with Crippen LogP contribution in [0.5, 0.6) is 0 Å². The second kappa shape index (κ2) is 9.97. The van der Waals surface area contributed by atoms with Gasteiger partial charge < -0.3 is 19.9 Å². The van der Waals surface area contributed by atoms with E-state index in [-0.39, 0.29) is 11.9 Å². The molecule has 2 heterocycles. The molecular weight excluding hydrogens is 318 g/mol. The van der Waals surface area contributed by atoms with Gasteiger partial charge in [0.25, 0.3) is 0 Å². The van der Waals surface area contributed by atoms with Crippen LogP contribution in [0.3, 0.4) is 0 Å².